The molecule has 3 heterocycles. The summed E-state index contributed by atoms with van der Waals surface area (Å²) in [6.45, 7) is 2.75. The second-order valence-corrected chi connectivity index (χ2v) is 7.67. The number of hydrogen-bond acceptors (Lipinski definition) is 7. The Labute approximate surface area is 161 Å². The minimum atomic E-state index is -0.507. The molecule has 2 aliphatic heterocycles. The number of nitrogen functional groups attached to an aromatic ring is 1. The summed E-state index contributed by atoms with van der Waals surface area (Å²) in [6, 6.07) is 3.67. The lowest BCUT2D eigenvalue weighted by Gasteiger charge is -2.39. The first-order valence-electron chi connectivity index (χ1n) is 9.71. The van der Waals surface area contributed by atoms with E-state index in [1.807, 2.05) is 6.07 Å². The summed E-state index contributed by atoms with van der Waals surface area (Å²) in [4.78, 5) is 27.5. The summed E-state index contributed by atoms with van der Waals surface area (Å²) in [7, 11) is 1.57. The van der Waals surface area contributed by atoms with Crippen LogP contribution in [0.3, 0.4) is 0 Å². The van der Waals surface area contributed by atoms with Gasteiger partial charge in [-0.25, -0.2) is 4.79 Å². The van der Waals surface area contributed by atoms with Crippen LogP contribution in [0.4, 0.5) is 5.69 Å². The SMILES string of the molecule is COc1c(N2CCC3(CC2)OCCO3)ccc2c(=O)n(N)c(=O)n(C3CC3)c12. The van der Waals surface area contributed by atoms with Gasteiger partial charge in [0.2, 0.25) is 0 Å². The van der Waals surface area contributed by atoms with Gasteiger partial charge in [0.25, 0.3) is 5.56 Å². The average molecular weight is 388 g/mol. The van der Waals surface area contributed by atoms with Crippen LogP contribution in [0.15, 0.2) is 21.7 Å². The number of hydrogen-bond donors (Lipinski definition) is 1. The maximum absolute atomic E-state index is 12.7. The van der Waals surface area contributed by atoms with E-state index in [2.05, 4.69) is 4.90 Å². The molecule has 1 saturated carbocycles. The van der Waals surface area contributed by atoms with E-state index in [9.17, 15) is 9.59 Å². The van der Waals surface area contributed by atoms with Crippen molar-refractivity contribution in [2.75, 3.05) is 44.2 Å². The zero-order valence-electron chi connectivity index (χ0n) is 15.8. The van der Waals surface area contributed by atoms with Crippen molar-refractivity contribution in [3.8, 4) is 5.75 Å². The van der Waals surface area contributed by atoms with Crippen LogP contribution in [-0.2, 0) is 9.47 Å². The number of nitrogens with zero attached hydrogens (tertiary/aromatic N) is 3. The first-order valence-corrected chi connectivity index (χ1v) is 9.71. The average Bonchev–Trinajstić information content (AvgIpc) is 3.45. The van der Waals surface area contributed by atoms with Crippen molar-refractivity contribution in [3.63, 3.8) is 0 Å². The monoisotopic (exact) mass is 388 g/mol. The molecule has 9 nitrogen and oxygen atoms in total. The van der Waals surface area contributed by atoms with Crippen LogP contribution >= 0.6 is 0 Å². The molecule has 150 valence electrons. The Hall–Kier alpha value is -2.52. The Morgan fingerprint density at radius 3 is 2.43 bits per heavy atom. The van der Waals surface area contributed by atoms with E-state index in [-0.39, 0.29) is 6.04 Å². The minimum absolute atomic E-state index is 0.0551. The molecule has 2 aromatic rings. The van der Waals surface area contributed by atoms with E-state index in [0.717, 1.165) is 44.5 Å². The number of piperidine rings is 1. The zero-order valence-corrected chi connectivity index (χ0v) is 15.8. The first kappa shape index (κ1) is 17.6. The van der Waals surface area contributed by atoms with Gasteiger partial charge in [-0.1, -0.05) is 0 Å². The topological polar surface area (TPSA) is 101 Å². The second-order valence-electron chi connectivity index (χ2n) is 7.67. The van der Waals surface area contributed by atoms with Crippen LogP contribution in [0.2, 0.25) is 0 Å². The van der Waals surface area contributed by atoms with Crippen LogP contribution in [0.1, 0.15) is 31.7 Å². The summed E-state index contributed by atoms with van der Waals surface area (Å²) >= 11 is 0. The molecule has 1 aromatic heterocycles. The Kier molecular flexibility index (Phi) is 3.92. The predicted octanol–water partition coefficient (Wildman–Crippen LogP) is 0.564. The third-order valence-corrected chi connectivity index (χ3v) is 6.01. The maximum Gasteiger partial charge on any atom is 0.350 e. The largest absolute Gasteiger partial charge is 0.492 e. The molecule has 1 aliphatic carbocycles. The van der Waals surface area contributed by atoms with Gasteiger partial charge in [-0.2, -0.15) is 4.68 Å². The molecule has 1 spiro atoms. The Bertz CT molecular complexity index is 1040. The molecule has 3 aliphatic rings. The zero-order chi connectivity index (χ0) is 19.5. The Morgan fingerprint density at radius 2 is 1.82 bits per heavy atom. The molecule has 2 saturated heterocycles. The van der Waals surface area contributed by atoms with Crippen molar-refractivity contribution in [2.24, 2.45) is 0 Å². The fraction of sp³-hybridized carbons (Fsp3) is 0.579. The van der Waals surface area contributed by atoms with Gasteiger partial charge in [0.1, 0.15) is 5.52 Å². The third kappa shape index (κ3) is 2.53. The summed E-state index contributed by atoms with van der Waals surface area (Å²) < 4.78 is 19.7. The molecular formula is C19H24N4O5. The van der Waals surface area contributed by atoms with Gasteiger partial charge in [-0.05, 0) is 25.0 Å². The highest BCUT2D eigenvalue weighted by atomic mass is 16.7. The van der Waals surface area contributed by atoms with Crippen LogP contribution in [0.25, 0.3) is 10.9 Å². The van der Waals surface area contributed by atoms with Crippen molar-refractivity contribution >= 4 is 16.6 Å². The van der Waals surface area contributed by atoms with Gasteiger partial charge in [0, 0.05) is 32.0 Å². The Morgan fingerprint density at radius 1 is 1.14 bits per heavy atom. The number of aromatic nitrogens is 2. The lowest BCUT2D eigenvalue weighted by Crippen LogP contribution is -2.46. The molecule has 0 bridgehead atoms. The van der Waals surface area contributed by atoms with Gasteiger partial charge in [0.05, 0.1) is 31.4 Å². The highest BCUT2D eigenvalue weighted by Crippen LogP contribution is 2.42. The van der Waals surface area contributed by atoms with Crippen LogP contribution < -0.4 is 26.7 Å². The van der Waals surface area contributed by atoms with Crippen LogP contribution in [-0.4, -0.2) is 48.4 Å². The summed E-state index contributed by atoms with van der Waals surface area (Å²) in [5.41, 5.74) is 0.395. The minimum Gasteiger partial charge on any atom is -0.492 e. The molecule has 3 fully saturated rings. The number of methoxy groups -OCH3 is 1. The van der Waals surface area contributed by atoms with E-state index in [4.69, 9.17) is 20.1 Å². The molecule has 28 heavy (non-hydrogen) atoms. The molecule has 2 N–H and O–H groups in total. The predicted molar refractivity (Wildman–Crippen MR) is 104 cm³/mol. The fourth-order valence-electron chi connectivity index (χ4n) is 4.40. The van der Waals surface area contributed by atoms with Gasteiger partial charge >= 0.3 is 5.69 Å². The summed E-state index contributed by atoms with van der Waals surface area (Å²) in [6.07, 6.45) is 3.30. The van der Waals surface area contributed by atoms with Crippen LogP contribution in [0.5, 0.6) is 5.75 Å². The molecule has 1 aromatic carbocycles. The standard InChI is InChI=1S/C19H24N4O5/c1-26-16-14(21-8-6-19(7-9-21)27-10-11-28-19)5-4-13-15(16)22(12-2-3-12)18(25)23(20)17(13)24/h4-5,12H,2-3,6-11,20H2,1H3. The second kappa shape index (κ2) is 6.25. The van der Waals surface area contributed by atoms with E-state index < -0.39 is 17.0 Å². The lowest BCUT2D eigenvalue weighted by molar-refractivity contribution is -0.169. The van der Waals surface area contributed by atoms with E-state index in [0.29, 0.717) is 34.5 Å². The van der Waals surface area contributed by atoms with E-state index >= 15 is 0 Å². The van der Waals surface area contributed by atoms with Gasteiger partial charge in [0.15, 0.2) is 11.5 Å². The van der Waals surface area contributed by atoms with Crippen LogP contribution in [0, 0.1) is 0 Å². The van der Waals surface area contributed by atoms with E-state index in [1.165, 1.54) is 0 Å². The highest BCUT2D eigenvalue weighted by molar-refractivity contribution is 5.90. The molecule has 0 amide bonds. The fourth-order valence-corrected chi connectivity index (χ4v) is 4.40. The quantitative estimate of drug-likeness (QED) is 0.767. The van der Waals surface area contributed by atoms with Gasteiger partial charge in [-0.15, -0.1) is 0 Å². The van der Waals surface area contributed by atoms with Gasteiger partial charge in [-0.3, -0.25) is 9.36 Å². The number of ether oxygens (including phenoxy) is 3. The molecular weight excluding hydrogens is 364 g/mol. The maximum atomic E-state index is 12.7. The number of fused-ring (bicyclic) bond motifs is 1. The smallest absolute Gasteiger partial charge is 0.350 e. The lowest BCUT2D eigenvalue weighted by atomic mass is 10.0. The summed E-state index contributed by atoms with van der Waals surface area (Å²) in [5, 5.41) is 0.394. The van der Waals surface area contributed by atoms with Crippen molar-refractivity contribution in [2.45, 2.75) is 37.5 Å². The Balaban J connectivity index is 1.63. The summed E-state index contributed by atoms with van der Waals surface area (Å²) in [5.74, 6) is 5.82. The highest BCUT2D eigenvalue weighted by Gasteiger charge is 2.40. The number of rotatable bonds is 3. The molecule has 0 unspecified atom stereocenters. The third-order valence-electron chi connectivity index (χ3n) is 6.01. The van der Waals surface area contributed by atoms with Crippen molar-refractivity contribution in [1.82, 2.24) is 9.24 Å². The molecule has 0 radical (unpaired) electrons. The molecule has 5 rings (SSSR count). The molecule has 9 heteroatoms. The van der Waals surface area contributed by atoms with E-state index in [1.54, 1.807) is 17.7 Å². The normalized spacial score (nSPS) is 21.5. The number of anilines is 1. The first-order chi connectivity index (χ1) is 13.5. The number of benzene rings is 1. The van der Waals surface area contributed by atoms with Crippen molar-refractivity contribution in [1.29, 1.82) is 0 Å². The van der Waals surface area contributed by atoms with Crippen molar-refractivity contribution in [3.05, 3.63) is 33.0 Å². The van der Waals surface area contributed by atoms with Crippen molar-refractivity contribution < 1.29 is 14.2 Å². The number of nitrogens with two attached hydrogens (primary N) is 1. The van der Waals surface area contributed by atoms with Gasteiger partial charge < -0.3 is 25.0 Å². The molecule has 0 atom stereocenters.